The van der Waals surface area contributed by atoms with Gasteiger partial charge in [0.2, 0.25) is 5.91 Å². The summed E-state index contributed by atoms with van der Waals surface area (Å²) in [6.07, 6.45) is 4.23. The molecule has 1 aliphatic carbocycles. The Hall–Kier alpha value is -0.980. The molecule has 1 aromatic rings. The number of aromatic nitrogens is 1. The Kier molecular flexibility index (Phi) is 4.80. The van der Waals surface area contributed by atoms with Gasteiger partial charge in [0.1, 0.15) is 0 Å². The van der Waals surface area contributed by atoms with Crippen LogP contribution >= 0.6 is 11.3 Å². The van der Waals surface area contributed by atoms with Gasteiger partial charge in [-0.3, -0.25) is 9.69 Å². The maximum absolute atomic E-state index is 12.2. The van der Waals surface area contributed by atoms with Crippen LogP contribution in [-0.2, 0) is 11.2 Å². The Morgan fingerprint density at radius 1 is 1.36 bits per heavy atom. The van der Waals surface area contributed by atoms with Gasteiger partial charge in [0.25, 0.3) is 0 Å². The molecule has 0 unspecified atom stereocenters. The first-order chi connectivity index (χ1) is 10.5. The number of hydrogen-bond donors (Lipinski definition) is 2. The molecule has 3 atom stereocenters. The third-order valence-corrected chi connectivity index (χ3v) is 5.93. The molecule has 122 valence electrons. The predicted molar refractivity (Wildman–Crippen MR) is 87.1 cm³/mol. The lowest BCUT2D eigenvalue weighted by molar-refractivity contribution is -0.121. The molecule has 3 rings (SSSR count). The largest absolute Gasteiger partial charge is 0.389 e. The zero-order valence-corrected chi connectivity index (χ0v) is 14.2. The number of nitrogens with zero attached hydrogens (tertiary/aromatic N) is 2. The molecule has 2 N–H and O–H groups in total. The van der Waals surface area contributed by atoms with Crippen LogP contribution in [0.2, 0.25) is 0 Å². The molecule has 1 amide bonds. The summed E-state index contributed by atoms with van der Waals surface area (Å²) in [5.74, 6) is -0.00197. The lowest BCUT2D eigenvalue weighted by atomic mass is 10.1. The second kappa shape index (κ2) is 6.64. The molecule has 1 saturated carbocycles. The van der Waals surface area contributed by atoms with Crippen molar-refractivity contribution < 1.29 is 9.90 Å². The fourth-order valence-electron chi connectivity index (χ4n) is 3.73. The molecule has 1 aromatic heterocycles. The smallest absolute Gasteiger partial charge is 0.225 e. The molecule has 1 aliphatic heterocycles. The minimum Gasteiger partial charge on any atom is -0.389 e. The number of nitrogens with one attached hydrogen (secondary N) is 1. The SMILES string of the molecule is Cc1nc(C)c(CC(=O)N[C@@H]2CC[C@@H](N3CCCC3)[C@@H]2O)s1. The van der Waals surface area contributed by atoms with Crippen LogP contribution in [0.3, 0.4) is 0 Å². The monoisotopic (exact) mass is 323 g/mol. The Labute approximate surface area is 135 Å². The van der Waals surface area contributed by atoms with E-state index in [1.165, 1.54) is 12.8 Å². The normalized spacial score (nSPS) is 29.1. The highest BCUT2D eigenvalue weighted by Crippen LogP contribution is 2.28. The van der Waals surface area contributed by atoms with Gasteiger partial charge in [0, 0.05) is 10.9 Å². The van der Waals surface area contributed by atoms with Crippen molar-refractivity contribution >= 4 is 17.2 Å². The molecule has 6 heteroatoms. The topological polar surface area (TPSA) is 65.5 Å². The second-order valence-electron chi connectivity index (χ2n) is 6.47. The fraction of sp³-hybridized carbons (Fsp3) is 0.750. The number of aliphatic hydroxyl groups is 1. The molecule has 2 fully saturated rings. The van der Waals surface area contributed by atoms with Crippen molar-refractivity contribution in [2.24, 2.45) is 0 Å². The summed E-state index contributed by atoms with van der Waals surface area (Å²) < 4.78 is 0. The zero-order chi connectivity index (χ0) is 15.7. The maximum Gasteiger partial charge on any atom is 0.225 e. The molecule has 0 aromatic carbocycles. The maximum atomic E-state index is 12.2. The number of aliphatic hydroxyl groups excluding tert-OH is 1. The van der Waals surface area contributed by atoms with E-state index in [0.717, 1.165) is 41.5 Å². The summed E-state index contributed by atoms with van der Waals surface area (Å²) >= 11 is 1.58. The Balaban J connectivity index is 1.54. The molecule has 1 saturated heterocycles. The quantitative estimate of drug-likeness (QED) is 0.879. The van der Waals surface area contributed by atoms with Crippen molar-refractivity contribution in [3.8, 4) is 0 Å². The summed E-state index contributed by atoms with van der Waals surface area (Å²) in [4.78, 5) is 20.0. The van der Waals surface area contributed by atoms with Crippen LogP contribution in [0.25, 0.3) is 0 Å². The molecular formula is C16H25N3O2S. The fourth-order valence-corrected chi connectivity index (χ4v) is 4.67. The third kappa shape index (κ3) is 3.34. The van der Waals surface area contributed by atoms with Crippen molar-refractivity contribution in [1.82, 2.24) is 15.2 Å². The van der Waals surface area contributed by atoms with E-state index >= 15 is 0 Å². The summed E-state index contributed by atoms with van der Waals surface area (Å²) in [7, 11) is 0. The van der Waals surface area contributed by atoms with E-state index < -0.39 is 6.10 Å². The highest BCUT2D eigenvalue weighted by Gasteiger charge is 2.39. The van der Waals surface area contributed by atoms with E-state index in [2.05, 4.69) is 15.2 Å². The summed E-state index contributed by atoms with van der Waals surface area (Å²) in [5.41, 5.74) is 0.944. The van der Waals surface area contributed by atoms with Gasteiger partial charge < -0.3 is 10.4 Å². The summed E-state index contributed by atoms with van der Waals surface area (Å²) in [5, 5.41) is 14.5. The average molecular weight is 323 g/mol. The number of hydrogen-bond acceptors (Lipinski definition) is 5. The van der Waals surface area contributed by atoms with Gasteiger partial charge in [-0.25, -0.2) is 4.98 Å². The highest BCUT2D eigenvalue weighted by molar-refractivity contribution is 7.11. The van der Waals surface area contributed by atoms with Crippen LogP contribution in [0.5, 0.6) is 0 Å². The molecule has 2 aliphatic rings. The van der Waals surface area contributed by atoms with Gasteiger partial charge in [-0.1, -0.05) is 0 Å². The van der Waals surface area contributed by atoms with Gasteiger partial charge in [0.05, 0.1) is 29.3 Å². The number of amides is 1. The van der Waals surface area contributed by atoms with E-state index in [9.17, 15) is 9.90 Å². The highest BCUT2D eigenvalue weighted by atomic mass is 32.1. The van der Waals surface area contributed by atoms with Gasteiger partial charge >= 0.3 is 0 Å². The van der Waals surface area contributed by atoms with E-state index in [1.807, 2.05) is 13.8 Å². The first kappa shape index (κ1) is 15.9. The predicted octanol–water partition coefficient (Wildman–Crippen LogP) is 1.41. The van der Waals surface area contributed by atoms with Crippen LogP contribution in [0.4, 0.5) is 0 Å². The Morgan fingerprint density at radius 3 is 2.73 bits per heavy atom. The van der Waals surface area contributed by atoms with Crippen molar-refractivity contribution in [3.05, 3.63) is 15.6 Å². The minimum atomic E-state index is -0.439. The van der Waals surface area contributed by atoms with E-state index in [4.69, 9.17) is 0 Å². The van der Waals surface area contributed by atoms with Crippen molar-refractivity contribution in [3.63, 3.8) is 0 Å². The summed E-state index contributed by atoms with van der Waals surface area (Å²) in [6, 6.07) is 0.118. The molecule has 22 heavy (non-hydrogen) atoms. The summed E-state index contributed by atoms with van der Waals surface area (Å²) in [6.45, 7) is 6.07. The Morgan fingerprint density at radius 2 is 2.09 bits per heavy atom. The second-order valence-corrected chi connectivity index (χ2v) is 7.76. The van der Waals surface area contributed by atoms with Gasteiger partial charge in [0.15, 0.2) is 0 Å². The van der Waals surface area contributed by atoms with Crippen LogP contribution in [0.15, 0.2) is 0 Å². The lowest BCUT2D eigenvalue weighted by Crippen LogP contribution is -2.48. The molecule has 2 heterocycles. The molecule has 0 radical (unpaired) electrons. The van der Waals surface area contributed by atoms with Crippen molar-refractivity contribution in [2.75, 3.05) is 13.1 Å². The first-order valence-corrected chi connectivity index (χ1v) is 9.00. The molecule has 0 bridgehead atoms. The molecule has 5 nitrogen and oxygen atoms in total. The molecular weight excluding hydrogens is 298 g/mol. The van der Waals surface area contributed by atoms with Crippen molar-refractivity contribution in [2.45, 2.75) is 64.1 Å². The van der Waals surface area contributed by atoms with E-state index in [0.29, 0.717) is 6.42 Å². The number of thiazole rings is 1. The van der Waals surface area contributed by atoms with Crippen LogP contribution in [-0.4, -0.2) is 52.2 Å². The lowest BCUT2D eigenvalue weighted by Gasteiger charge is -2.28. The van der Waals surface area contributed by atoms with Gasteiger partial charge in [-0.2, -0.15) is 0 Å². The van der Waals surface area contributed by atoms with Gasteiger partial charge in [-0.15, -0.1) is 11.3 Å². The number of likely N-dealkylation sites (tertiary alicyclic amines) is 1. The number of carbonyl (C=O) groups is 1. The average Bonchev–Trinajstić information content (AvgIpc) is 3.14. The number of aryl methyl sites for hydroxylation is 2. The van der Waals surface area contributed by atoms with Crippen LogP contribution < -0.4 is 5.32 Å². The van der Waals surface area contributed by atoms with Crippen LogP contribution in [0, 0.1) is 13.8 Å². The third-order valence-electron chi connectivity index (χ3n) is 4.86. The van der Waals surface area contributed by atoms with Crippen molar-refractivity contribution in [1.29, 1.82) is 0 Å². The first-order valence-electron chi connectivity index (χ1n) is 8.19. The minimum absolute atomic E-state index is 0.00197. The number of rotatable bonds is 4. The van der Waals surface area contributed by atoms with E-state index in [1.54, 1.807) is 11.3 Å². The number of carbonyl (C=O) groups excluding carboxylic acids is 1. The Bertz CT molecular complexity index is 539. The van der Waals surface area contributed by atoms with E-state index in [-0.39, 0.29) is 18.0 Å². The van der Waals surface area contributed by atoms with Gasteiger partial charge in [-0.05, 0) is 52.6 Å². The zero-order valence-electron chi connectivity index (χ0n) is 13.3. The van der Waals surface area contributed by atoms with Crippen LogP contribution in [0.1, 0.15) is 41.3 Å². The molecule has 0 spiro atoms. The standard InChI is InChI=1S/C16H25N3O2S/c1-10-14(22-11(2)17-10)9-15(20)18-12-5-6-13(16(12)21)19-7-3-4-8-19/h12-13,16,21H,3-9H2,1-2H3,(H,18,20)/t12-,13-,16-/m1/s1.